The molecule has 1 aliphatic heterocycles. The van der Waals surface area contributed by atoms with E-state index in [1.807, 2.05) is 41.2 Å². The van der Waals surface area contributed by atoms with Gasteiger partial charge in [-0.1, -0.05) is 17.3 Å². The van der Waals surface area contributed by atoms with Crippen molar-refractivity contribution in [3.05, 3.63) is 36.5 Å². The first-order valence-corrected chi connectivity index (χ1v) is 8.08. The van der Waals surface area contributed by atoms with Crippen molar-refractivity contribution < 1.29 is 9.26 Å². The van der Waals surface area contributed by atoms with Crippen molar-refractivity contribution in [2.24, 2.45) is 0 Å². The van der Waals surface area contributed by atoms with Gasteiger partial charge in [-0.05, 0) is 37.6 Å². The monoisotopic (exact) mass is 361 g/mol. The van der Waals surface area contributed by atoms with E-state index in [0.717, 1.165) is 25.1 Å². The highest BCUT2D eigenvalue weighted by Gasteiger charge is 2.19. The molecule has 1 N–H and O–H groups in total. The van der Waals surface area contributed by atoms with Crippen LogP contribution in [0.15, 0.2) is 41.1 Å². The van der Waals surface area contributed by atoms with E-state index in [2.05, 4.69) is 20.6 Å². The Kier molecular flexibility index (Phi) is 5.35. The molecular weight excluding hydrogens is 342 g/mol. The van der Waals surface area contributed by atoms with E-state index in [1.165, 1.54) is 6.42 Å². The van der Waals surface area contributed by atoms with Crippen LogP contribution >= 0.6 is 12.4 Å². The largest absolute Gasteiger partial charge is 0.496 e. The minimum Gasteiger partial charge on any atom is -0.496 e. The van der Waals surface area contributed by atoms with E-state index in [0.29, 0.717) is 29.2 Å². The van der Waals surface area contributed by atoms with E-state index in [-0.39, 0.29) is 12.4 Å². The Labute approximate surface area is 151 Å². The number of hydrogen-bond donors (Lipinski definition) is 1. The van der Waals surface area contributed by atoms with Gasteiger partial charge < -0.3 is 14.6 Å². The summed E-state index contributed by atoms with van der Waals surface area (Å²) in [6.07, 6.45) is 4.27. The third-order valence-corrected chi connectivity index (χ3v) is 4.25. The lowest BCUT2D eigenvalue weighted by molar-refractivity contribution is 0.346. The number of nitrogens with one attached hydrogen (secondary N) is 1. The molecule has 3 heterocycles. The summed E-state index contributed by atoms with van der Waals surface area (Å²) in [6, 6.07) is 9.88. The van der Waals surface area contributed by atoms with E-state index >= 15 is 0 Å². The molecule has 0 spiro atoms. The summed E-state index contributed by atoms with van der Waals surface area (Å²) in [6.45, 7) is 2.02. The van der Waals surface area contributed by atoms with Crippen LogP contribution in [0.1, 0.15) is 18.9 Å². The summed E-state index contributed by atoms with van der Waals surface area (Å²) >= 11 is 0. The van der Waals surface area contributed by atoms with Crippen LogP contribution < -0.4 is 10.1 Å². The molecule has 0 bridgehead atoms. The Hall–Kier alpha value is -2.38. The average Bonchev–Trinajstić information content (AvgIpc) is 3.32. The van der Waals surface area contributed by atoms with Crippen LogP contribution in [0.5, 0.6) is 5.75 Å². The number of methoxy groups -OCH3 is 1. The molecule has 2 aromatic heterocycles. The molecule has 1 unspecified atom stereocenters. The molecule has 132 valence electrons. The molecule has 0 saturated carbocycles. The molecule has 3 aromatic rings. The summed E-state index contributed by atoms with van der Waals surface area (Å²) < 4.78 is 12.7. The molecule has 1 fully saturated rings. The summed E-state index contributed by atoms with van der Waals surface area (Å²) in [7, 11) is 1.62. The second-order valence-corrected chi connectivity index (χ2v) is 5.80. The Morgan fingerprint density at radius 1 is 1.28 bits per heavy atom. The molecule has 1 atom stereocenters. The van der Waals surface area contributed by atoms with E-state index in [1.54, 1.807) is 7.11 Å². The lowest BCUT2D eigenvalue weighted by Gasteiger charge is -2.22. The van der Waals surface area contributed by atoms with Crippen molar-refractivity contribution in [2.75, 3.05) is 20.2 Å². The fraction of sp³-hybridized carbons (Fsp3) is 0.353. The van der Waals surface area contributed by atoms with Crippen molar-refractivity contribution in [3.8, 4) is 28.7 Å². The minimum absolute atomic E-state index is 0. The van der Waals surface area contributed by atoms with Crippen LogP contribution in [0.2, 0.25) is 0 Å². The molecule has 8 heteroatoms. The van der Waals surface area contributed by atoms with Crippen LogP contribution in [-0.4, -0.2) is 40.1 Å². The third-order valence-electron chi connectivity index (χ3n) is 4.25. The zero-order valence-corrected chi connectivity index (χ0v) is 14.7. The fourth-order valence-electron chi connectivity index (χ4n) is 2.98. The van der Waals surface area contributed by atoms with Gasteiger partial charge in [0.25, 0.3) is 5.89 Å². The first kappa shape index (κ1) is 17.4. The second-order valence-electron chi connectivity index (χ2n) is 5.80. The number of ether oxygens (including phenoxy) is 1. The van der Waals surface area contributed by atoms with Crippen LogP contribution in [0.4, 0.5) is 0 Å². The van der Waals surface area contributed by atoms with Crippen molar-refractivity contribution in [1.82, 2.24) is 25.2 Å². The quantitative estimate of drug-likeness (QED) is 0.769. The average molecular weight is 362 g/mol. The Balaban J connectivity index is 0.00000182. The van der Waals surface area contributed by atoms with Crippen LogP contribution in [0.3, 0.4) is 0 Å². The summed E-state index contributed by atoms with van der Waals surface area (Å²) in [5.41, 5.74) is 1.49. The van der Waals surface area contributed by atoms with Gasteiger partial charge in [-0.25, -0.2) is 0 Å². The number of benzene rings is 1. The topological polar surface area (TPSA) is 78.0 Å². The first-order valence-electron chi connectivity index (χ1n) is 8.08. The maximum absolute atomic E-state index is 5.40. The van der Waals surface area contributed by atoms with Gasteiger partial charge in [-0.2, -0.15) is 10.1 Å². The van der Waals surface area contributed by atoms with Gasteiger partial charge in [-0.3, -0.25) is 4.68 Å². The number of halogens is 1. The zero-order chi connectivity index (χ0) is 16.4. The van der Waals surface area contributed by atoms with Crippen LogP contribution in [-0.2, 0) is 0 Å². The maximum Gasteiger partial charge on any atom is 0.278 e. The smallest absolute Gasteiger partial charge is 0.278 e. The molecule has 25 heavy (non-hydrogen) atoms. The van der Waals surface area contributed by atoms with E-state index in [4.69, 9.17) is 9.26 Å². The number of hydrogen-bond acceptors (Lipinski definition) is 6. The third kappa shape index (κ3) is 3.52. The SMILES string of the molecule is COc1ccccc1-c1noc(-c2ccn(C3CCCNC3)n2)n1.Cl. The Morgan fingerprint density at radius 2 is 2.16 bits per heavy atom. The van der Waals surface area contributed by atoms with E-state index in [9.17, 15) is 0 Å². The molecule has 0 aliphatic carbocycles. The predicted octanol–water partition coefficient (Wildman–Crippen LogP) is 2.96. The number of nitrogens with zero attached hydrogens (tertiary/aromatic N) is 4. The van der Waals surface area contributed by atoms with Gasteiger partial charge in [0.2, 0.25) is 5.82 Å². The fourth-order valence-corrected chi connectivity index (χ4v) is 2.98. The highest BCUT2D eigenvalue weighted by molar-refractivity contribution is 5.85. The number of piperidine rings is 1. The normalized spacial score (nSPS) is 17.1. The van der Waals surface area contributed by atoms with Gasteiger partial charge in [0.1, 0.15) is 5.75 Å². The van der Waals surface area contributed by atoms with Gasteiger partial charge in [0, 0.05) is 12.7 Å². The summed E-state index contributed by atoms with van der Waals surface area (Å²) in [5.74, 6) is 1.62. The molecular formula is C17H20ClN5O2. The van der Waals surface area contributed by atoms with Gasteiger partial charge in [0.15, 0.2) is 5.69 Å². The predicted molar refractivity (Wildman–Crippen MR) is 95.9 cm³/mol. The highest BCUT2D eigenvalue weighted by atomic mass is 35.5. The van der Waals surface area contributed by atoms with Crippen molar-refractivity contribution in [2.45, 2.75) is 18.9 Å². The first-order chi connectivity index (χ1) is 11.8. The zero-order valence-electron chi connectivity index (χ0n) is 13.9. The van der Waals surface area contributed by atoms with Gasteiger partial charge in [0.05, 0.1) is 18.7 Å². The molecule has 1 aliphatic rings. The van der Waals surface area contributed by atoms with E-state index < -0.39 is 0 Å². The van der Waals surface area contributed by atoms with Crippen molar-refractivity contribution in [1.29, 1.82) is 0 Å². The Bertz CT molecular complexity index is 826. The van der Waals surface area contributed by atoms with Crippen LogP contribution in [0.25, 0.3) is 23.0 Å². The molecule has 4 rings (SSSR count). The van der Waals surface area contributed by atoms with Crippen molar-refractivity contribution in [3.63, 3.8) is 0 Å². The summed E-state index contributed by atoms with van der Waals surface area (Å²) in [4.78, 5) is 4.47. The minimum atomic E-state index is 0. The molecule has 7 nitrogen and oxygen atoms in total. The van der Waals surface area contributed by atoms with Crippen molar-refractivity contribution >= 4 is 12.4 Å². The molecule has 0 amide bonds. The van der Waals surface area contributed by atoms with Crippen LogP contribution in [0, 0.1) is 0 Å². The molecule has 1 aromatic carbocycles. The Morgan fingerprint density at radius 3 is 2.96 bits per heavy atom. The highest BCUT2D eigenvalue weighted by Crippen LogP contribution is 2.29. The molecule has 0 radical (unpaired) electrons. The number of aromatic nitrogens is 4. The second kappa shape index (κ2) is 7.67. The summed E-state index contributed by atoms with van der Waals surface area (Å²) in [5, 5.41) is 12.1. The lowest BCUT2D eigenvalue weighted by Crippen LogP contribution is -2.31. The van der Waals surface area contributed by atoms with Gasteiger partial charge >= 0.3 is 0 Å². The van der Waals surface area contributed by atoms with Gasteiger partial charge in [-0.15, -0.1) is 12.4 Å². The standard InChI is InChI=1S/C17H19N5O2.ClH/c1-23-15-7-3-2-6-13(15)16-19-17(24-21-16)14-8-10-22(20-14)12-5-4-9-18-11-12;/h2-3,6-8,10,12,18H,4-5,9,11H2,1H3;1H. The number of rotatable bonds is 4. The number of para-hydroxylation sites is 1. The lowest BCUT2D eigenvalue weighted by atomic mass is 10.1. The molecule has 1 saturated heterocycles. The maximum atomic E-state index is 5.40.